The Balaban J connectivity index is 1.30. The van der Waals surface area contributed by atoms with E-state index in [0.717, 1.165) is 43.6 Å². The van der Waals surface area contributed by atoms with E-state index in [1.165, 1.54) is 11.8 Å². The van der Waals surface area contributed by atoms with Gasteiger partial charge >= 0.3 is 0 Å². The zero-order chi connectivity index (χ0) is 21.3. The highest BCUT2D eigenvalue weighted by Crippen LogP contribution is 2.44. The zero-order valence-corrected chi connectivity index (χ0v) is 17.6. The molecule has 7 nitrogen and oxygen atoms in total. The van der Waals surface area contributed by atoms with Gasteiger partial charge in [-0.25, -0.2) is 0 Å². The molecule has 0 spiro atoms. The molecule has 1 N–H and O–H groups in total. The van der Waals surface area contributed by atoms with Crippen LogP contribution in [0.1, 0.15) is 54.6 Å². The Kier molecular flexibility index (Phi) is 5.34. The summed E-state index contributed by atoms with van der Waals surface area (Å²) in [5, 5.41) is 3.18. The largest absolute Gasteiger partial charge is 0.486 e. The number of rotatable bonds is 5. The molecule has 1 saturated carbocycles. The predicted octanol–water partition coefficient (Wildman–Crippen LogP) is 3.28. The van der Waals surface area contributed by atoms with E-state index in [0.29, 0.717) is 32.7 Å². The van der Waals surface area contributed by atoms with Crippen molar-refractivity contribution in [1.29, 1.82) is 0 Å². The zero-order valence-electron chi connectivity index (χ0n) is 17.6. The third kappa shape index (κ3) is 3.77. The van der Waals surface area contributed by atoms with Gasteiger partial charge in [-0.2, -0.15) is 0 Å². The van der Waals surface area contributed by atoms with Crippen molar-refractivity contribution >= 4 is 11.8 Å². The summed E-state index contributed by atoms with van der Waals surface area (Å²) >= 11 is 0. The molecule has 1 saturated heterocycles. The normalized spacial score (nSPS) is 21.8. The number of hydrogen-bond acceptors (Lipinski definition) is 5. The Hall–Kier alpha value is -2.96. The maximum absolute atomic E-state index is 13.1. The van der Waals surface area contributed by atoms with E-state index in [9.17, 15) is 9.59 Å². The van der Waals surface area contributed by atoms with E-state index in [1.54, 1.807) is 17.0 Å². The van der Waals surface area contributed by atoms with E-state index in [4.69, 9.17) is 13.9 Å². The van der Waals surface area contributed by atoms with Crippen molar-refractivity contribution < 1.29 is 23.5 Å². The van der Waals surface area contributed by atoms with Crippen LogP contribution < -0.4 is 14.8 Å². The predicted molar refractivity (Wildman–Crippen MR) is 113 cm³/mol. The van der Waals surface area contributed by atoms with E-state index < -0.39 is 6.04 Å². The highest BCUT2D eigenvalue weighted by Gasteiger charge is 2.39. The van der Waals surface area contributed by atoms with Gasteiger partial charge in [-0.15, -0.1) is 0 Å². The second-order valence-electron chi connectivity index (χ2n) is 8.70. The monoisotopic (exact) mass is 424 g/mol. The number of likely N-dealkylation sites (tertiary alicyclic amines) is 1. The summed E-state index contributed by atoms with van der Waals surface area (Å²) in [6.07, 6.45) is 7.29. The smallest absolute Gasteiger partial charge is 0.290 e. The third-order valence-electron chi connectivity index (χ3n) is 6.86. The topological polar surface area (TPSA) is 81.0 Å². The summed E-state index contributed by atoms with van der Waals surface area (Å²) in [6, 6.07) is 9.05. The molecule has 0 bridgehead atoms. The summed E-state index contributed by atoms with van der Waals surface area (Å²) < 4.78 is 16.7. The van der Waals surface area contributed by atoms with E-state index in [1.807, 2.05) is 6.07 Å². The van der Waals surface area contributed by atoms with Crippen LogP contribution in [0.25, 0.3) is 0 Å². The fourth-order valence-electron chi connectivity index (χ4n) is 5.19. The van der Waals surface area contributed by atoms with Crippen molar-refractivity contribution in [2.24, 2.45) is 0 Å². The van der Waals surface area contributed by atoms with Gasteiger partial charge in [-0.1, -0.05) is 18.9 Å². The fraction of sp³-hybridized carbons (Fsp3) is 0.500. The van der Waals surface area contributed by atoms with Crippen LogP contribution in [0.5, 0.6) is 11.5 Å². The quantitative estimate of drug-likeness (QED) is 0.797. The van der Waals surface area contributed by atoms with Crippen molar-refractivity contribution in [1.82, 2.24) is 10.2 Å². The number of carbonyl (C=O) groups is 2. The Morgan fingerprint density at radius 1 is 1.06 bits per heavy atom. The minimum Gasteiger partial charge on any atom is -0.486 e. The third-order valence-corrected chi connectivity index (χ3v) is 6.86. The van der Waals surface area contributed by atoms with Crippen molar-refractivity contribution in [3.05, 3.63) is 47.9 Å². The summed E-state index contributed by atoms with van der Waals surface area (Å²) in [6.45, 7) is 2.26. The lowest BCUT2D eigenvalue weighted by Gasteiger charge is -2.32. The summed E-state index contributed by atoms with van der Waals surface area (Å²) in [5.41, 5.74) is 1.07. The first-order valence-electron chi connectivity index (χ1n) is 11.2. The molecule has 5 rings (SSSR count). The average Bonchev–Trinajstić information content (AvgIpc) is 3.58. The highest BCUT2D eigenvalue weighted by atomic mass is 16.6. The number of fused-ring (bicyclic) bond motifs is 1. The van der Waals surface area contributed by atoms with E-state index in [2.05, 4.69) is 17.4 Å². The first kappa shape index (κ1) is 20.0. The van der Waals surface area contributed by atoms with Crippen LogP contribution in [-0.2, 0) is 10.2 Å². The molecular weight excluding hydrogens is 396 g/mol. The number of benzene rings is 1. The number of nitrogens with one attached hydrogen (secondary N) is 1. The van der Waals surface area contributed by atoms with E-state index >= 15 is 0 Å². The molecule has 3 heterocycles. The molecule has 2 fully saturated rings. The Morgan fingerprint density at radius 3 is 2.65 bits per heavy atom. The maximum atomic E-state index is 13.1. The van der Waals surface area contributed by atoms with Crippen molar-refractivity contribution in [2.45, 2.75) is 50.0 Å². The van der Waals surface area contributed by atoms with Gasteiger partial charge in [0.1, 0.15) is 19.3 Å². The molecule has 7 heteroatoms. The molecule has 1 atom stereocenters. The molecule has 2 amide bonds. The first-order valence-corrected chi connectivity index (χ1v) is 11.2. The van der Waals surface area contributed by atoms with Gasteiger partial charge in [0.15, 0.2) is 17.3 Å². The van der Waals surface area contributed by atoms with Crippen LogP contribution in [0.4, 0.5) is 0 Å². The van der Waals surface area contributed by atoms with Gasteiger partial charge in [0.25, 0.3) is 5.91 Å². The lowest BCUT2D eigenvalue weighted by atomic mass is 9.78. The van der Waals surface area contributed by atoms with E-state index in [-0.39, 0.29) is 23.0 Å². The second kappa shape index (κ2) is 8.29. The number of carbonyl (C=O) groups excluding carboxylic acids is 2. The summed E-state index contributed by atoms with van der Waals surface area (Å²) in [7, 11) is 0. The van der Waals surface area contributed by atoms with Gasteiger partial charge < -0.3 is 24.1 Å². The number of nitrogens with zero attached hydrogens (tertiary/aromatic N) is 1. The molecule has 31 heavy (non-hydrogen) atoms. The lowest BCUT2D eigenvalue weighted by molar-refractivity contribution is -0.125. The first-order chi connectivity index (χ1) is 15.2. The molecule has 2 aliphatic heterocycles. The van der Waals surface area contributed by atoms with Crippen LogP contribution >= 0.6 is 0 Å². The van der Waals surface area contributed by atoms with Crippen molar-refractivity contribution in [3.8, 4) is 11.5 Å². The highest BCUT2D eigenvalue weighted by molar-refractivity contribution is 5.96. The summed E-state index contributed by atoms with van der Waals surface area (Å²) in [4.78, 5) is 27.5. The Labute approximate surface area is 181 Å². The molecule has 1 aromatic carbocycles. The van der Waals surface area contributed by atoms with Crippen LogP contribution in [-0.4, -0.2) is 49.1 Å². The standard InChI is InChI=1S/C24H28N2O5/c27-22(18-5-3-11-26(18)23(28)20-6-4-12-29-20)25-16-24(9-1-2-10-24)17-7-8-19-21(15-17)31-14-13-30-19/h4,6-8,12,15,18H,1-3,5,9-11,13-14,16H2,(H,25,27). The van der Waals surface area contributed by atoms with Gasteiger partial charge in [0.05, 0.1) is 6.26 Å². The second-order valence-corrected chi connectivity index (χ2v) is 8.70. The number of ether oxygens (including phenoxy) is 2. The van der Waals surface area contributed by atoms with Gasteiger partial charge in [-0.3, -0.25) is 9.59 Å². The minimum atomic E-state index is -0.448. The molecule has 1 aromatic heterocycles. The Morgan fingerprint density at radius 2 is 1.87 bits per heavy atom. The van der Waals surface area contributed by atoms with Crippen molar-refractivity contribution in [2.75, 3.05) is 26.3 Å². The van der Waals surface area contributed by atoms with Crippen LogP contribution in [0, 0.1) is 0 Å². The van der Waals surface area contributed by atoms with Gasteiger partial charge in [0, 0.05) is 18.5 Å². The van der Waals surface area contributed by atoms with Crippen LogP contribution in [0.2, 0.25) is 0 Å². The maximum Gasteiger partial charge on any atom is 0.290 e. The molecule has 1 unspecified atom stereocenters. The molecule has 1 aliphatic carbocycles. The number of hydrogen-bond donors (Lipinski definition) is 1. The Bertz CT molecular complexity index is 949. The minimum absolute atomic E-state index is 0.0822. The number of furan rings is 1. The van der Waals surface area contributed by atoms with Crippen molar-refractivity contribution in [3.63, 3.8) is 0 Å². The van der Waals surface area contributed by atoms with Crippen LogP contribution in [0.15, 0.2) is 41.0 Å². The SMILES string of the molecule is O=C(NCC1(c2ccc3c(c2)OCCO3)CCCC1)C1CCCN1C(=O)c1ccco1. The van der Waals surface area contributed by atoms with Gasteiger partial charge in [0.2, 0.25) is 5.91 Å². The molecule has 3 aliphatic rings. The fourth-order valence-corrected chi connectivity index (χ4v) is 5.19. The molecular formula is C24H28N2O5. The molecule has 0 radical (unpaired) electrons. The number of amides is 2. The van der Waals surface area contributed by atoms with Crippen LogP contribution in [0.3, 0.4) is 0 Å². The molecule has 2 aromatic rings. The molecule has 164 valence electrons. The van der Waals surface area contributed by atoms with Gasteiger partial charge in [-0.05, 0) is 55.5 Å². The lowest BCUT2D eigenvalue weighted by Crippen LogP contribution is -2.49. The average molecular weight is 424 g/mol. The summed E-state index contributed by atoms with van der Waals surface area (Å²) in [5.74, 6) is 1.55.